The lowest BCUT2D eigenvalue weighted by molar-refractivity contribution is -0.112. The van der Waals surface area contributed by atoms with E-state index in [1.54, 1.807) is 0 Å². The molecule has 1 aromatic rings. The normalized spacial score (nSPS) is 12.2. The lowest BCUT2D eigenvalue weighted by Crippen LogP contribution is -2.25. The van der Waals surface area contributed by atoms with Gasteiger partial charge in [-0.05, 0) is 24.6 Å². The second-order valence-electron chi connectivity index (χ2n) is 4.73. The van der Waals surface area contributed by atoms with Crippen molar-refractivity contribution in [2.75, 3.05) is 17.3 Å². The summed E-state index contributed by atoms with van der Waals surface area (Å²) in [6.45, 7) is 4.90. The highest BCUT2D eigenvalue weighted by Gasteiger charge is 2.39. The third-order valence-corrected chi connectivity index (χ3v) is 7.00. The van der Waals surface area contributed by atoms with Crippen LogP contribution in [0.15, 0.2) is 36.4 Å². The molecule has 1 N–H and O–H groups in total. The number of hydrogen-bond donors (Lipinski definition) is 1. The first-order valence-corrected chi connectivity index (χ1v) is 9.60. The Morgan fingerprint density at radius 2 is 1.52 bits per heavy atom. The van der Waals surface area contributed by atoms with Crippen molar-refractivity contribution in [3.63, 3.8) is 0 Å². The molecule has 0 aliphatic carbocycles. The van der Waals surface area contributed by atoms with E-state index in [-0.39, 0.29) is 16.8 Å². The van der Waals surface area contributed by atoms with Crippen LogP contribution in [-0.4, -0.2) is 34.8 Å². The molecule has 1 aromatic carbocycles. The first kappa shape index (κ1) is 19.2. The number of anilines is 1. The fourth-order valence-electron chi connectivity index (χ4n) is 1.71. The van der Waals surface area contributed by atoms with Crippen molar-refractivity contribution < 1.29 is 30.4 Å². The minimum atomic E-state index is -4.73. The number of halogens is 2. The van der Waals surface area contributed by atoms with Gasteiger partial charge in [0.2, 0.25) is 19.7 Å². The summed E-state index contributed by atoms with van der Waals surface area (Å²) in [4.78, 5) is 11.4. The van der Waals surface area contributed by atoms with Crippen molar-refractivity contribution >= 4 is 31.3 Å². The Labute approximate surface area is 133 Å². The minimum Gasteiger partial charge on any atom is -0.322 e. The summed E-state index contributed by atoms with van der Waals surface area (Å²) in [5.74, 6) is -0.484. The number of benzene rings is 1. The summed E-state index contributed by atoms with van der Waals surface area (Å²) in [6.07, 6.45) is 0. The molecular weight excluding hydrogens is 352 g/mol. The smallest absolute Gasteiger partial charge is 0.250 e. The Hall–Kier alpha value is -1.81. The molecule has 0 aliphatic heterocycles. The molecule has 1 amide bonds. The van der Waals surface area contributed by atoms with E-state index in [0.29, 0.717) is 0 Å². The molecule has 0 spiro atoms. The summed E-state index contributed by atoms with van der Waals surface area (Å²) in [5.41, 5.74) is 0.163. The molecule has 0 radical (unpaired) electrons. The SMILES string of the molecule is C=C(C)C(=O)Nc1ccc(C(S(=O)(=O)CF)S(=O)(=O)CF)cc1. The molecule has 1 rings (SSSR count). The molecule has 128 valence electrons. The summed E-state index contributed by atoms with van der Waals surface area (Å²) in [5, 5.41) is 2.43. The summed E-state index contributed by atoms with van der Waals surface area (Å²) in [7, 11) is -9.46. The number of amides is 1. The van der Waals surface area contributed by atoms with Gasteiger partial charge in [-0.15, -0.1) is 0 Å². The maximum absolute atomic E-state index is 12.7. The van der Waals surface area contributed by atoms with Crippen LogP contribution >= 0.6 is 0 Å². The molecule has 0 aromatic heterocycles. The summed E-state index contributed by atoms with van der Waals surface area (Å²) in [6, 6.07) is 0.712. The third-order valence-electron chi connectivity index (χ3n) is 2.78. The van der Waals surface area contributed by atoms with E-state index in [0.717, 1.165) is 12.1 Å². The third kappa shape index (κ3) is 4.58. The maximum Gasteiger partial charge on any atom is 0.250 e. The predicted octanol–water partition coefficient (Wildman–Crippen LogP) is 1.88. The second-order valence-corrected chi connectivity index (χ2v) is 9.06. The maximum atomic E-state index is 12.7. The second kappa shape index (κ2) is 7.18. The van der Waals surface area contributed by atoms with E-state index in [1.165, 1.54) is 19.1 Å². The van der Waals surface area contributed by atoms with Crippen LogP contribution in [-0.2, 0) is 24.5 Å². The molecule has 0 unspecified atom stereocenters. The molecule has 6 nitrogen and oxygen atoms in total. The summed E-state index contributed by atoms with van der Waals surface area (Å²) < 4.78 is 69.6. The molecule has 0 saturated carbocycles. The fraction of sp³-hybridized carbons (Fsp3) is 0.308. The van der Waals surface area contributed by atoms with Gasteiger partial charge in [-0.1, -0.05) is 18.7 Å². The van der Waals surface area contributed by atoms with E-state index in [2.05, 4.69) is 11.9 Å². The Morgan fingerprint density at radius 1 is 1.09 bits per heavy atom. The zero-order valence-electron chi connectivity index (χ0n) is 12.1. The average Bonchev–Trinajstić information content (AvgIpc) is 2.48. The monoisotopic (exact) mass is 367 g/mol. The zero-order chi connectivity index (χ0) is 17.8. The van der Waals surface area contributed by atoms with Gasteiger partial charge < -0.3 is 5.32 Å². The molecule has 0 bridgehead atoms. The molecule has 0 heterocycles. The highest BCUT2D eigenvalue weighted by atomic mass is 32.3. The van der Waals surface area contributed by atoms with Gasteiger partial charge >= 0.3 is 0 Å². The van der Waals surface area contributed by atoms with Crippen LogP contribution in [0.25, 0.3) is 0 Å². The zero-order valence-corrected chi connectivity index (χ0v) is 13.8. The highest BCUT2D eigenvalue weighted by Crippen LogP contribution is 2.31. The van der Waals surface area contributed by atoms with E-state index in [9.17, 15) is 30.4 Å². The van der Waals surface area contributed by atoms with Gasteiger partial charge in [-0.25, -0.2) is 25.6 Å². The number of nitrogens with one attached hydrogen (secondary N) is 1. The molecule has 0 saturated heterocycles. The largest absolute Gasteiger partial charge is 0.322 e. The van der Waals surface area contributed by atoms with Crippen molar-refractivity contribution in [3.8, 4) is 0 Å². The molecule has 0 fully saturated rings. The lowest BCUT2D eigenvalue weighted by atomic mass is 10.2. The molecule has 0 atom stereocenters. The standard InChI is InChI=1S/C13H15F2NO5S2/c1-9(2)12(17)16-11-5-3-10(4-6-11)13(22(18,19)7-14)23(20,21)8-15/h3-6,13H,1,7-8H2,2H3,(H,16,17). The van der Waals surface area contributed by atoms with Crippen molar-refractivity contribution in [2.24, 2.45) is 0 Å². The van der Waals surface area contributed by atoms with Gasteiger partial charge in [-0.3, -0.25) is 4.79 Å². The highest BCUT2D eigenvalue weighted by molar-refractivity contribution is 8.08. The molecule has 10 heteroatoms. The number of rotatable bonds is 7. The number of carbonyl (C=O) groups is 1. The topological polar surface area (TPSA) is 97.4 Å². The van der Waals surface area contributed by atoms with Crippen LogP contribution in [0.1, 0.15) is 17.1 Å². The van der Waals surface area contributed by atoms with Crippen molar-refractivity contribution in [1.82, 2.24) is 0 Å². The van der Waals surface area contributed by atoms with Gasteiger partial charge in [0.15, 0.2) is 16.6 Å². The summed E-state index contributed by atoms with van der Waals surface area (Å²) >= 11 is 0. The van der Waals surface area contributed by atoms with Crippen molar-refractivity contribution in [1.29, 1.82) is 0 Å². The van der Waals surface area contributed by atoms with Gasteiger partial charge in [-0.2, -0.15) is 0 Å². The van der Waals surface area contributed by atoms with E-state index in [4.69, 9.17) is 0 Å². The van der Waals surface area contributed by atoms with E-state index in [1.807, 2.05) is 0 Å². The van der Waals surface area contributed by atoms with Crippen LogP contribution in [0.5, 0.6) is 0 Å². The van der Waals surface area contributed by atoms with Crippen LogP contribution in [0.2, 0.25) is 0 Å². The lowest BCUT2D eigenvalue weighted by Gasteiger charge is -2.15. The fourth-order valence-corrected chi connectivity index (χ4v) is 5.18. The van der Waals surface area contributed by atoms with Crippen molar-refractivity contribution in [3.05, 3.63) is 42.0 Å². The Kier molecular flexibility index (Phi) is 6.00. The first-order valence-electron chi connectivity index (χ1n) is 6.17. The van der Waals surface area contributed by atoms with Crippen LogP contribution in [0.3, 0.4) is 0 Å². The predicted molar refractivity (Wildman–Crippen MR) is 82.4 cm³/mol. The molecular formula is C13H15F2NO5S2. The van der Waals surface area contributed by atoms with Gasteiger partial charge in [0.1, 0.15) is 0 Å². The quantitative estimate of drug-likeness (QED) is 0.742. The number of hydrogen-bond acceptors (Lipinski definition) is 5. The number of alkyl halides is 2. The molecule has 0 aliphatic rings. The van der Waals surface area contributed by atoms with Crippen LogP contribution in [0.4, 0.5) is 14.5 Å². The van der Waals surface area contributed by atoms with Gasteiger partial charge in [0.25, 0.3) is 5.91 Å². The number of carbonyl (C=O) groups excluding carboxylic acids is 1. The Balaban J connectivity index is 3.26. The van der Waals surface area contributed by atoms with Gasteiger partial charge in [0.05, 0.1) is 0 Å². The Morgan fingerprint density at radius 3 is 1.87 bits per heavy atom. The Bertz CT molecular complexity index is 767. The van der Waals surface area contributed by atoms with E-state index < -0.39 is 42.2 Å². The minimum absolute atomic E-state index is 0.229. The van der Waals surface area contributed by atoms with Crippen LogP contribution < -0.4 is 5.32 Å². The number of sulfone groups is 2. The van der Waals surface area contributed by atoms with Crippen molar-refractivity contribution in [2.45, 2.75) is 11.5 Å². The first-order chi connectivity index (χ1) is 10.5. The molecule has 23 heavy (non-hydrogen) atoms. The average molecular weight is 367 g/mol. The van der Waals surface area contributed by atoms with Gasteiger partial charge in [0, 0.05) is 11.3 Å². The van der Waals surface area contributed by atoms with Crippen LogP contribution in [0, 0.1) is 0 Å². The van der Waals surface area contributed by atoms with E-state index >= 15 is 0 Å².